The maximum absolute atomic E-state index is 12.6. The fourth-order valence-corrected chi connectivity index (χ4v) is 6.01. The number of hydrogen-bond donors (Lipinski definition) is 0. The van der Waals surface area contributed by atoms with Gasteiger partial charge in [0.05, 0.1) is 23.7 Å². The lowest BCUT2D eigenvalue weighted by Crippen LogP contribution is -2.48. The smallest absolute Gasteiger partial charge is 0.258 e. The van der Waals surface area contributed by atoms with Crippen molar-refractivity contribution in [1.29, 1.82) is 0 Å². The van der Waals surface area contributed by atoms with Crippen LogP contribution in [0.5, 0.6) is 0 Å². The summed E-state index contributed by atoms with van der Waals surface area (Å²) in [7, 11) is 0. The number of carbonyl (C=O) groups excluding carboxylic acids is 1. The van der Waals surface area contributed by atoms with E-state index in [9.17, 15) is 9.59 Å². The van der Waals surface area contributed by atoms with E-state index in [1.807, 2.05) is 10.3 Å². The molecule has 2 unspecified atom stereocenters. The zero-order chi connectivity index (χ0) is 21.1. The maximum Gasteiger partial charge on any atom is 0.258 e. The Labute approximate surface area is 185 Å². The second-order valence-corrected chi connectivity index (χ2v) is 10.3. The quantitative estimate of drug-likeness (QED) is 0.673. The van der Waals surface area contributed by atoms with Gasteiger partial charge < -0.3 is 9.64 Å². The van der Waals surface area contributed by atoms with Crippen LogP contribution in [0.25, 0.3) is 4.96 Å². The van der Waals surface area contributed by atoms with Crippen LogP contribution in [0.3, 0.4) is 0 Å². The van der Waals surface area contributed by atoms with Gasteiger partial charge in [-0.3, -0.25) is 18.9 Å². The van der Waals surface area contributed by atoms with E-state index >= 15 is 0 Å². The summed E-state index contributed by atoms with van der Waals surface area (Å²) < 4.78 is 7.38. The predicted octanol–water partition coefficient (Wildman–Crippen LogP) is 2.34. The Morgan fingerprint density at radius 1 is 1.27 bits per heavy atom. The van der Waals surface area contributed by atoms with Crippen molar-refractivity contribution in [2.75, 3.05) is 38.5 Å². The van der Waals surface area contributed by atoms with Crippen LogP contribution in [0.1, 0.15) is 32.4 Å². The van der Waals surface area contributed by atoms with E-state index in [1.165, 1.54) is 23.1 Å². The molecule has 2 aromatic heterocycles. The third kappa shape index (κ3) is 5.43. The number of thioether (sulfide) groups is 1. The molecule has 0 spiro atoms. The molecule has 2 atom stereocenters. The number of hydrogen-bond acceptors (Lipinski definition) is 7. The number of morpholine rings is 1. The van der Waals surface area contributed by atoms with Gasteiger partial charge in [0, 0.05) is 56.1 Å². The van der Waals surface area contributed by atoms with E-state index in [1.54, 1.807) is 16.7 Å². The van der Waals surface area contributed by atoms with Crippen molar-refractivity contribution in [3.05, 3.63) is 33.7 Å². The van der Waals surface area contributed by atoms with Crippen molar-refractivity contribution in [2.24, 2.45) is 5.92 Å². The highest BCUT2D eigenvalue weighted by Gasteiger charge is 2.27. The second-order valence-electron chi connectivity index (χ2n) is 8.43. The molecule has 2 saturated heterocycles. The molecule has 2 aromatic rings. The number of likely N-dealkylation sites (tertiary alicyclic amines) is 1. The number of nitrogens with zero attached hydrogens (tertiary/aromatic N) is 4. The third-order valence-electron chi connectivity index (χ3n) is 5.81. The van der Waals surface area contributed by atoms with Gasteiger partial charge in [-0.1, -0.05) is 0 Å². The fraction of sp³-hybridized carbons (Fsp3) is 0.667. The van der Waals surface area contributed by atoms with Crippen LogP contribution in [0.4, 0.5) is 0 Å². The third-order valence-corrected chi connectivity index (χ3v) is 7.52. The van der Waals surface area contributed by atoms with Crippen molar-refractivity contribution in [2.45, 2.75) is 44.6 Å². The van der Waals surface area contributed by atoms with Gasteiger partial charge in [0.2, 0.25) is 5.91 Å². The fourth-order valence-electron chi connectivity index (χ4n) is 4.46. The summed E-state index contributed by atoms with van der Waals surface area (Å²) in [6.07, 6.45) is 4.49. The summed E-state index contributed by atoms with van der Waals surface area (Å²) in [6.45, 7) is 9.12. The van der Waals surface area contributed by atoms with Gasteiger partial charge in [0.1, 0.15) is 0 Å². The molecule has 4 heterocycles. The number of aromatic nitrogens is 2. The minimum absolute atomic E-state index is 0.0608. The average Bonchev–Trinajstić information content (AvgIpc) is 3.17. The van der Waals surface area contributed by atoms with Gasteiger partial charge in [0.25, 0.3) is 5.56 Å². The van der Waals surface area contributed by atoms with Gasteiger partial charge in [-0.05, 0) is 32.6 Å². The van der Waals surface area contributed by atoms with Crippen LogP contribution >= 0.6 is 23.1 Å². The number of carbonyl (C=O) groups is 1. The summed E-state index contributed by atoms with van der Waals surface area (Å²) in [5.41, 5.74) is 0.683. The highest BCUT2D eigenvalue weighted by atomic mass is 32.2. The minimum Gasteiger partial charge on any atom is -0.373 e. The zero-order valence-electron chi connectivity index (χ0n) is 17.7. The molecule has 0 aromatic carbocycles. The molecule has 2 aliphatic heterocycles. The Balaban J connectivity index is 1.19. The summed E-state index contributed by atoms with van der Waals surface area (Å²) >= 11 is 2.99. The van der Waals surface area contributed by atoms with Gasteiger partial charge in [-0.2, -0.15) is 0 Å². The molecular weight excluding hydrogens is 420 g/mol. The second kappa shape index (κ2) is 9.80. The van der Waals surface area contributed by atoms with E-state index < -0.39 is 0 Å². The summed E-state index contributed by atoms with van der Waals surface area (Å²) in [5.74, 6) is 1.88. The molecule has 0 saturated carbocycles. The number of thiazole rings is 1. The molecule has 0 N–H and O–H groups in total. The molecule has 164 valence electrons. The van der Waals surface area contributed by atoms with E-state index in [-0.39, 0.29) is 11.5 Å². The van der Waals surface area contributed by atoms with E-state index in [2.05, 4.69) is 23.7 Å². The lowest BCUT2D eigenvalue weighted by atomic mass is 9.95. The first-order chi connectivity index (χ1) is 14.5. The first kappa shape index (κ1) is 21.8. The topological polar surface area (TPSA) is 67.2 Å². The van der Waals surface area contributed by atoms with E-state index in [0.29, 0.717) is 34.6 Å². The Bertz CT molecular complexity index is 912. The van der Waals surface area contributed by atoms with Crippen molar-refractivity contribution in [3.8, 4) is 0 Å². The molecule has 4 rings (SSSR count). The first-order valence-corrected chi connectivity index (χ1v) is 12.7. The Morgan fingerprint density at radius 3 is 2.73 bits per heavy atom. The molecule has 30 heavy (non-hydrogen) atoms. The molecule has 0 radical (unpaired) electrons. The van der Waals surface area contributed by atoms with Crippen LogP contribution < -0.4 is 5.56 Å². The lowest BCUT2D eigenvalue weighted by Gasteiger charge is -2.39. The normalized spacial score (nSPS) is 23.9. The molecule has 2 aliphatic rings. The minimum atomic E-state index is -0.0608. The van der Waals surface area contributed by atoms with Crippen LogP contribution in [0, 0.1) is 5.92 Å². The molecule has 1 amide bonds. The molecule has 9 heteroatoms. The highest BCUT2D eigenvalue weighted by molar-refractivity contribution is 7.99. The molecule has 2 fully saturated rings. The Kier molecular flexibility index (Phi) is 7.12. The number of rotatable bonds is 6. The van der Waals surface area contributed by atoms with E-state index in [4.69, 9.17) is 4.74 Å². The standard InChI is InChI=1S/C21H30N4O3S2/c1-15-10-23(11-16(2)28-15)12-17-3-5-24(6-4-17)20(27)14-29-13-18-9-19(26)25-7-8-30-21(25)22-18/h7-9,15-17H,3-6,10-14H2,1-2H3. The maximum atomic E-state index is 12.6. The summed E-state index contributed by atoms with van der Waals surface area (Å²) in [5, 5.41) is 1.86. The van der Waals surface area contributed by atoms with Gasteiger partial charge in [0.15, 0.2) is 4.96 Å². The van der Waals surface area contributed by atoms with E-state index in [0.717, 1.165) is 51.3 Å². The average molecular weight is 451 g/mol. The van der Waals surface area contributed by atoms with Crippen LogP contribution in [0.15, 0.2) is 22.4 Å². The summed E-state index contributed by atoms with van der Waals surface area (Å²) in [6, 6.07) is 1.57. The van der Waals surface area contributed by atoms with Crippen LogP contribution in [-0.2, 0) is 15.3 Å². The van der Waals surface area contributed by atoms with Gasteiger partial charge in [-0.25, -0.2) is 4.98 Å². The number of piperidine rings is 1. The van der Waals surface area contributed by atoms with Crippen molar-refractivity contribution >= 4 is 34.0 Å². The number of amides is 1. The van der Waals surface area contributed by atoms with Crippen molar-refractivity contribution < 1.29 is 9.53 Å². The largest absolute Gasteiger partial charge is 0.373 e. The number of ether oxygens (including phenoxy) is 1. The monoisotopic (exact) mass is 450 g/mol. The van der Waals surface area contributed by atoms with Crippen LogP contribution in [-0.4, -0.2) is 75.8 Å². The lowest BCUT2D eigenvalue weighted by molar-refractivity contribution is -0.129. The van der Waals surface area contributed by atoms with Gasteiger partial charge in [-0.15, -0.1) is 23.1 Å². The predicted molar refractivity (Wildman–Crippen MR) is 121 cm³/mol. The molecule has 7 nitrogen and oxygen atoms in total. The summed E-state index contributed by atoms with van der Waals surface area (Å²) in [4.78, 5) is 34.4. The van der Waals surface area contributed by atoms with Crippen molar-refractivity contribution in [1.82, 2.24) is 19.2 Å². The Morgan fingerprint density at radius 2 is 2.00 bits per heavy atom. The van der Waals surface area contributed by atoms with Gasteiger partial charge >= 0.3 is 0 Å². The molecule has 0 bridgehead atoms. The first-order valence-electron chi connectivity index (χ1n) is 10.7. The van der Waals surface area contributed by atoms with Crippen molar-refractivity contribution in [3.63, 3.8) is 0 Å². The highest BCUT2D eigenvalue weighted by Crippen LogP contribution is 2.22. The Hall–Kier alpha value is -1.42. The SMILES string of the molecule is CC1CN(CC2CCN(C(=O)CSCc3cc(=O)n4ccsc4n3)CC2)CC(C)O1. The zero-order valence-corrected chi connectivity index (χ0v) is 19.3. The van der Waals surface area contributed by atoms with Crippen LogP contribution in [0.2, 0.25) is 0 Å². The molecular formula is C21H30N4O3S2. The molecule has 0 aliphatic carbocycles. The number of fused-ring (bicyclic) bond motifs is 1.